The zero-order valence-corrected chi connectivity index (χ0v) is 12.6. The second-order valence-electron chi connectivity index (χ2n) is 5.30. The van der Waals surface area contributed by atoms with Gasteiger partial charge in [-0.05, 0) is 38.1 Å². The van der Waals surface area contributed by atoms with Gasteiger partial charge in [-0.15, -0.1) is 0 Å². The minimum Gasteiger partial charge on any atom is -0.399 e. The Kier molecular flexibility index (Phi) is 5.03. The molecule has 1 fully saturated rings. The summed E-state index contributed by atoms with van der Waals surface area (Å²) in [6.07, 6.45) is 2.09. The lowest BCUT2D eigenvalue weighted by Gasteiger charge is -2.16. The van der Waals surface area contributed by atoms with Gasteiger partial charge in [0.2, 0.25) is 11.8 Å². The average molecular weight is 311 g/mol. The first-order valence-corrected chi connectivity index (χ1v) is 7.14. The fourth-order valence-corrected chi connectivity index (χ4v) is 2.11. The molecule has 21 heavy (non-hydrogen) atoms. The van der Waals surface area contributed by atoms with Gasteiger partial charge in [0, 0.05) is 11.7 Å². The summed E-state index contributed by atoms with van der Waals surface area (Å²) in [5.74, 6) is -0.290. The van der Waals surface area contributed by atoms with E-state index in [2.05, 4.69) is 10.6 Å². The summed E-state index contributed by atoms with van der Waals surface area (Å²) >= 11 is 5.99. The summed E-state index contributed by atoms with van der Waals surface area (Å²) in [6, 6.07) is 5.21. The average Bonchev–Trinajstić information content (AvgIpc) is 3.16. The Morgan fingerprint density at radius 2 is 2.00 bits per heavy atom. The highest BCUT2D eigenvalue weighted by Gasteiger charge is 2.23. The second-order valence-corrected chi connectivity index (χ2v) is 5.71. The van der Waals surface area contributed by atoms with Gasteiger partial charge in [-0.25, -0.2) is 0 Å². The summed E-state index contributed by atoms with van der Waals surface area (Å²) in [4.78, 5) is 25.2. The van der Waals surface area contributed by atoms with Gasteiger partial charge in [0.05, 0.1) is 23.8 Å². The molecule has 1 aromatic rings. The minimum atomic E-state index is -0.233. The van der Waals surface area contributed by atoms with E-state index < -0.39 is 0 Å². The van der Waals surface area contributed by atoms with Crippen molar-refractivity contribution in [2.45, 2.75) is 18.9 Å². The van der Waals surface area contributed by atoms with Gasteiger partial charge in [0.15, 0.2) is 0 Å². The molecule has 0 saturated heterocycles. The number of likely N-dealkylation sites (N-methyl/N-ethyl adjacent to an activating group) is 1. The van der Waals surface area contributed by atoms with Crippen molar-refractivity contribution in [1.29, 1.82) is 0 Å². The van der Waals surface area contributed by atoms with Gasteiger partial charge >= 0.3 is 0 Å². The lowest BCUT2D eigenvalue weighted by Crippen LogP contribution is -2.39. The van der Waals surface area contributed by atoms with Gasteiger partial charge in [-0.3, -0.25) is 14.5 Å². The molecule has 6 nitrogen and oxygen atoms in total. The third kappa shape index (κ3) is 5.24. The van der Waals surface area contributed by atoms with Gasteiger partial charge < -0.3 is 16.4 Å². The zero-order valence-electron chi connectivity index (χ0n) is 11.9. The molecule has 1 aliphatic carbocycles. The second kappa shape index (κ2) is 6.78. The first kappa shape index (κ1) is 15.6. The Morgan fingerprint density at radius 3 is 2.62 bits per heavy atom. The van der Waals surface area contributed by atoms with Crippen LogP contribution in [0.4, 0.5) is 11.4 Å². The van der Waals surface area contributed by atoms with Gasteiger partial charge in [-0.1, -0.05) is 11.6 Å². The maximum Gasteiger partial charge on any atom is 0.238 e. The number of rotatable bonds is 6. The SMILES string of the molecule is CN(CC(=O)Nc1ccc(N)cc1Cl)CC(=O)NC1CC1. The van der Waals surface area contributed by atoms with Crippen LogP contribution in [0.1, 0.15) is 12.8 Å². The maximum absolute atomic E-state index is 11.9. The first-order valence-electron chi connectivity index (χ1n) is 6.77. The molecule has 0 aliphatic heterocycles. The number of hydrogen-bond donors (Lipinski definition) is 3. The molecule has 0 radical (unpaired) electrons. The van der Waals surface area contributed by atoms with Crippen LogP contribution >= 0.6 is 11.6 Å². The third-order valence-corrected chi connectivity index (χ3v) is 3.35. The first-order chi connectivity index (χ1) is 9.94. The topological polar surface area (TPSA) is 87.5 Å². The normalized spacial score (nSPS) is 14.0. The van der Waals surface area contributed by atoms with Crippen molar-refractivity contribution in [3.05, 3.63) is 23.2 Å². The molecule has 2 amide bonds. The highest BCUT2D eigenvalue weighted by atomic mass is 35.5. The molecular weight excluding hydrogens is 292 g/mol. The molecule has 0 aromatic heterocycles. The number of carbonyl (C=O) groups excluding carboxylic acids is 2. The van der Waals surface area contributed by atoms with E-state index in [1.165, 1.54) is 0 Å². The van der Waals surface area contributed by atoms with E-state index in [9.17, 15) is 9.59 Å². The van der Waals surface area contributed by atoms with E-state index >= 15 is 0 Å². The predicted octanol–water partition coefficient (Wildman–Crippen LogP) is 1.07. The number of nitrogen functional groups attached to an aromatic ring is 1. The molecule has 0 unspecified atom stereocenters. The Hall–Kier alpha value is -1.79. The number of benzene rings is 1. The van der Waals surface area contributed by atoms with Crippen molar-refractivity contribution in [3.63, 3.8) is 0 Å². The third-order valence-electron chi connectivity index (χ3n) is 3.04. The van der Waals surface area contributed by atoms with Crippen LogP contribution in [0.5, 0.6) is 0 Å². The zero-order chi connectivity index (χ0) is 15.4. The van der Waals surface area contributed by atoms with Crippen molar-refractivity contribution in [1.82, 2.24) is 10.2 Å². The summed E-state index contributed by atoms with van der Waals surface area (Å²) in [6.45, 7) is 0.304. The van der Waals surface area contributed by atoms with Crippen LogP contribution in [0.25, 0.3) is 0 Å². The Morgan fingerprint density at radius 1 is 1.33 bits per heavy atom. The molecule has 0 heterocycles. The van der Waals surface area contributed by atoms with Crippen LogP contribution in [0.15, 0.2) is 18.2 Å². The van der Waals surface area contributed by atoms with E-state index in [1.54, 1.807) is 30.1 Å². The highest BCUT2D eigenvalue weighted by Crippen LogP contribution is 2.23. The molecule has 2 rings (SSSR count). The summed E-state index contributed by atoms with van der Waals surface area (Å²) in [7, 11) is 1.72. The van der Waals surface area contributed by atoms with Crippen LogP contribution in [-0.4, -0.2) is 42.9 Å². The van der Waals surface area contributed by atoms with Crippen LogP contribution in [0.3, 0.4) is 0 Å². The fraction of sp³-hybridized carbons (Fsp3) is 0.429. The number of halogens is 1. The Bertz CT molecular complexity index is 546. The van der Waals surface area contributed by atoms with E-state index in [1.807, 2.05) is 0 Å². The van der Waals surface area contributed by atoms with Gasteiger partial charge in [0.25, 0.3) is 0 Å². The van der Waals surface area contributed by atoms with Crippen LogP contribution < -0.4 is 16.4 Å². The molecule has 0 atom stereocenters. The van der Waals surface area contributed by atoms with Crippen molar-refractivity contribution in [3.8, 4) is 0 Å². The maximum atomic E-state index is 11.9. The van der Waals surface area contributed by atoms with Crippen LogP contribution in [-0.2, 0) is 9.59 Å². The summed E-state index contributed by atoms with van der Waals surface area (Å²) in [5, 5.41) is 5.96. The van der Waals surface area contributed by atoms with E-state index in [-0.39, 0.29) is 24.9 Å². The quantitative estimate of drug-likeness (QED) is 0.686. The van der Waals surface area contributed by atoms with E-state index in [4.69, 9.17) is 17.3 Å². The molecule has 0 spiro atoms. The number of amides is 2. The number of nitrogens with one attached hydrogen (secondary N) is 2. The highest BCUT2D eigenvalue weighted by molar-refractivity contribution is 6.34. The number of anilines is 2. The lowest BCUT2D eigenvalue weighted by atomic mass is 10.3. The van der Waals surface area contributed by atoms with Crippen LogP contribution in [0.2, 0.25) is 5.02 Å². The number of carbonyl (C=O) groups is 2. The fourth-order valence-electron chi connectivity index (χ4n) is 1.87. The molecular formula is C14H19ClN4O2. The van der Waals surface area contributed by atoms with Crippen molar-refractivity contribution in [2.75, 3.05) is 31.2 Å². The minimum absolute atomic E-state index is 0.0571. The molecule has 4 N–H and O–H groups in total. The van der Waals surface area contributed by atoms with Crippen molar-refractivity contribution >= 4 is 34.8 Å². The Balaban J connectivity index is 1.78. The van der Waals surface area contributed by atoms with E-state index in [0.717, 1.165) is 12.8 Å². The molecule has 0 bridgehead atoms. The van der Waals surface area contributed by atoms with Gasteiger partial charge in [0.1, 0.15) is 0 Å². The standard InChI is InChI=1S/C14H19ClN4O2/c1-19(7-13(20)17-10-3-4-10)8-14(21)18-12-5-2-9(16)6-11(12)15/h2,5-6,10H,3-4,7-8,16H2,1H3,(H,17,20)(H,18,21). The van der Waals surface area contributed by atoms with Crippen molar-refractivity contribution in [2.24, 2.45) is 0 Å². The number of nitrogens with two attached hydrogens (primary N) is 1. The van der Waals surface area contributed by atoms with E-state index in [0.29, 0.717) is 22.4 Å². The number of nitrogens with zero attached hydrogens (tertiary/aromatic N) is 1. The Labute approximate surface area is 128 Å². The molecule has 7 heteroatoms. The smallest absolute Gasteiger partial charge is 0.238 e. The van der Waals surface area contributed by atoms with Gasteiger partial charge in [-0.2, -0.15) is 0 Å². The summed E-state index contributed by atoms with van der Waals surface area (Å²) in [5.41, 5.74) is 6.63. The van der Waals surface area contributed by atoms with Crippen LogP contribution in [0, 0.1) is 0 Å². The lowest BCUT2D eigenvalue weighted by molar-refractivity contribution is -0.123. The molecule has 114 valence electrons. The van der Waals surface area contributed by atoms with Crippen molar-refractivity contribution < 1.29 is 9.59 Å². The molecule has 1 saturated carbocycles. The predicted molar refractivity (Wildman–Crippen MR) is 83.2 cm³/mol. The molecule has 1 aromatic carbocycles. The monoisotopic (exact) mass is 310 g/mol. The largest absolute Gasteiger partial charge is 0.399 e. The summed E-state index contributed by atoms with van der Waals surface area (Å²) < 4.78 is 0. The number of hydrogen-bond acceptors (Lipinski definition) is 4. The molecule has 1 aliphatic rings.